The molecule has 7 heteroatoms. The predicted molar refractivity (Wildman–Crippen MR) is 65.3 cm³/mol. The van der Waals surface area contributed by atoms with Gasteiger partial charge in [0, 0.05) is 13.1 Å². The van der Waals surface area contributed by atoms with Crippen LogP contribution in [-0.2, 0) is 4.79 Å². The topological polar surface area (TPSA) is 102 Å². The van der Waals surface area contributed by atoms with Crippen LogP contribution in [0.25, 0.3) is 0 Å². The standard InChI is InChI=1S/C11H21N3O4/c1-2-14-4-3-8(7-14)5-12-11(18)13-6-9(15)10(16)17/h8-9,15H,2-7H2,1H3,(H,16,17)(H2,12,13,18). The third kappa shape index (κ3) is 4.89. The highest BCUT2D eigenvalue weighted by molar-refractivity contribution is 5.76. The summed E-state index contributed by atoms with van der Waals surface area (Å²) in [5, 5.41) is 22.4. The number of carbonyl (C=O) groups is 2. The van der Waals surface area contributed by atoms with Crippen molar-refractivity contribution in [3.63, 3.8) is 0 Å². The Morgan fingerprint density at radius 1 is 1.44 bits per heavy atom. The van der Waals surface area contributed by atoms with Gasteiger partial charge >= 0.3 is 12.0 Å². The molecule has 104 valence electrons. The molecular formula is C11H21N3O4. The molecule has 1 fully saturated rings. The summed E-state index contributed by atoms with van der Waals surface area (Å²) in [6.45, 7) is 5.46. The minimum absolute atomic E-state index is 0.285. The summed E-state index contributed by atoms with van der Waals surface area (Å²) >= 11 is 0. The number of amides is 2. The number of carboxylic acid groups (broad SMARTS) is 1. The molecule has 0 aromatic heterocycles. The molecule has 0 bridgehead atoms. The molecule has 2 atom stereocenters. The molecule has 1 heterocycles. The zero-order chi connectivity index (χ0) is 13.5. The Bertz CT molecular complexity index is 298. The van der Waals surface area contributed by atoms with Crippen LogP contribution in [-0.4, -0.2) is 65.9 Å². The predicted octanol–water partition coefficient (Wildman–Crippen LogP) is -0.927. The second-order valence-electron chi connectivity index (χ2n) is 4.49. The van der Waals surface area contributed by atoms with E-state index in [4.69, 9.17) is 10.2 Å². The first-order valence-corrected chi connectivity index (χ1v) is 6.17. The molecule has 1 saturated heterocycles. The van der Waals surface area contributed by atoms with E-state index in [0.29, 0.717) is 12.5 Å². The fraction of sp³-hybridized carbons (Fsp3) is 0.818. The van der Waals surface area contributed by atoms with Crippen LogP contribution in [0.5, 0.6) is 0 Å². The molecule has 1 aliphatic rings. The first kappa shape index (κ1) is 14.7. The molecule has 1 rings (SSSR count). The zero-order valence-electron chi connectivity index (χ0n) is 10.6. The van der Waals surface area contributed by atoms with E-state index in [2.05, 4.69) is 22.5 Å². The minimum atomic E-state index is -1.56. The second-order valence-corrected chi connectivity index (χ2v) is 4.49. The van der Waals surface area contributed by atoms with Crippen molar-refractivity contribution in [1.29, 1.82) is 0 Å². The maximum Gasteiger partial charge on any atom is 0.334 e. The van der Waals surface area contributed by atoms with Crippen LogP contribution >= 0.6 is 0 Å². The van der Waals surface area contributed by atoms with Gasteiger partial charge in [-0.05, 0) is 25.4 Å². The maximum atomic E-state index is 11.3. The highest BCUT2D eigenvalue weighted by atomic mass is 16.4. The largest absolute Gasteiger partial charge is 0.479 e. The van der Waals surface area contributed by atoms with Crippen molar-refractivity contribution in [3.05, 3.63) is 0 Å². The fourth-order valence-electron chi connectivity index (χ4n) is 1.94. The minimum Gasteiger partial charge on any atom is -0.479 e. The molecule has 2 unspecified atom stereocenters. The summed E-state index contributed by atoms with van der Waals surface area (Å²) in [4.78, 5) is 24.0. The first-order chi connectivity index (χ1) is 8.52. The molecule has 18 heavy (non-hydrogen) atoms. The summed E-state index contributed by atoms with van der Waals surface area (Å²) in [5.74, 6) is -0.898. The Morgan fingerprint density at radius 3 is 2.72 bits per heavy atom. The average molecular weight is 259 g/mol. The van der Waals surface area contributed by atoms with E-state index in [0.717, 1.165) is 26.1 Å². The van der Waals surface area contributed by atoms with Gasteiger partial charge in [-0.15, -0.1) is 0 Å². The van der Waals surface area contributed by atoms with E-state index in [-0.39, 0.29) is 6.54 Å². The number of aliphatic hydroxyl groups is 1. The van der Waals surface area contributed by atoms with Crippen molar-refractivity contribution >= 4 is 12.0 Å². The van der Waals surface area contributed by atoms with Gasteiger partial charge in [0.25, 0.3) is 0 Å². The van der Waals surface area contributed by atoms with Gasteiger partial charge in [0.1, 0.15) is 0 Å². The van der Waals surface area contributed by atoms with E-state index in [1.54, 1.807) is 0 Å². The molecule has 0 aliphatic carbocycles. The van der Waals surface area contributed by atoms with E-state index in [1.165, 1.54) is 0 Å². The van der Waals surface area contributed by atoms with Crippen molar-refractivity contribution in [2.75, 3.05) is 32.7 Å². The third-order valence-electron chi connectivity index (χ3n) is 3.11. The Balaban J connectivity index is 2.12. The number of likely N-dealkylation sites (tertiary alicyclic amines) is 1. The Labute approximate surface area is 106 Å². The average Bonchev–Trinajstić information content (AvgIpc) is 2.81. The van der Waals surface area contributed by atoms with E-state index in [1.807, 2.05) is 0 Å². The van der Waals surface area contributed by atoms with Gasteiger partial charge in [0.05, 0.1) is 6.54 Å². The van der Waals surface area contributed by atoms with Crippen molar-refractivity contribution in [2.24, 2.45) is 5.92 Å². The van der Waals surface area contributed by atoms with Crippen molar-refractivity contribution in [3.8, 4) is 0 Å². The fourth-order valence-corrected chi connectivity index (χ4v) is 1.94. The summed E-state index contributed by atoms with van der Waals surface area (Å²) in [6, 6.07) is -0.440. The highest BCUT2D eigenvalue weighted by Gasteiger charge is 2.21. The lowest BCUT2D eigenvalue weighted by Gasteiger charge is -2.14. The van der Waals surface area contributed by atoms with Crippen LogP contribution in [0.3, 0.4) is 0 Å². The summed E-state index contributed by atoms with van der Waals surface area (Å²) < 4.78 is 0. The molecule has 0 spiro atoms. The SMILES string of the molecule is CCN1CCC(CNC(=O)NCC(O)C(=O)O)C1. The van der Waals surface area contributed by atoms with Gasteiger partial charge < -0.3 is 25.7 Å². The van der Waals surface area contributed by atoms with Gasteiger partial charge in [-0.3, -0.25) is 0 Å². The number of nitrogens with zero attached hydrogens (tertiary/aromatic N) is 1. The lowest BCUT2D eigenvalue weighted by Crippen LogP contribution is -2.43. The monoisotopic (exact) mass is 259 g/mol. The second kappa shape index (κ2) is 7.17. The third-order valence-corrected chi connectivity index (χ3v) is 3.11. The van der Waals surface area contributed by atoms with Crippen LogP contribution in [0.4, 0.5) is 4.79 Å². The van der Waals surface area contributed by atoms with Crippen LogP contribution in [0.15, 0.2) is 0 Å². The molecule has 0 aromatic rings. The zero-order valence-corrected chi connectivity index (χ0v) is 10.6. The lowest BCUT2D eigenvalue weighted by atomic mass is 10.1. The molecule has 0 radical (unpaired) electrons. The molecule has 0 saturated carbocycles. The summed E-state index contributed by atoms with van der Waals surface area (Å²) in [6.07, 6.45) is -0.496. The van der Waals surface area contributed by atoms with Gasteiger partial charge in [0.15, 0.2) is 6.10 Å². The molecule has 7 nitrogen and oxygen atoms in total. The summed E-state index contributed by atoms with van der Waals surface area (Å²) in [5.41, 5.74) is 0. The molecule has 4 N–H and O–H groups in total. The number of aliphatic carboxylic acids is 1. The normalized spacial score (nSPS) is 21.6. The van der Waals surface area contributed by atoms with Gasteiger partial charge in [0.2, 0.25) is 0 Å². The van der Waals surface area contributed by atoms with Crippen molar-refractivity contribution in [1.82, 2.24) is 15.5 Å². The Hall–Kier alpha value is -1.34. The van der Waals surface area contributed by atoms with Gasteiger partial charge in [-0.25, -0.2) is 9.59 Å². The quantitative estimate of drug-likeness (QED) is 0.494. The number of urea groups is 1. The molecular weight excluding hydrogens is 238 g/mol. The smallest absolute Gasteiger partial charge is 0.334 e. The van der Waals surface area contributed by atoms with Crippen LogP contribution in [0, 0.1) is 5.92 Å². The van der Waals surface area contributed by atoms with Crippen molar-refractivity contribution in [2.45, 2.75) is 19.4 Å². The molecule has 0 aromatic carbocycles. The Kier molecular flexibility index (Phi) is 5.87. The summed E-state index contributed by atoms with van der Waals surface area (Å²) in [7, 11) is 0. The van der Waals surface area contributed by atoms with E-state index >= 15 is 0 Å². The van der Waals surface area contributed by atoms with Crippen molar-refractivity contribution < 1.29 is 19.8 Å². The maximum absolute atomic E-state index is 11.3. The number of carbonyl (C=O) groups excluding carboxylic acids is 1. The van der Waals surface area contributed by atoms with E-state index in [9.17, 15) is 9.59 Å². The number of hydrogen-bond acceptors (Lipinski definition) is 4. The molecule has 2 amide bonds. The number of nitrogens with one attached hydrogen (secondary N) is 2. The number of carboxylic acids is 1. The van der Waals surface area contributed by atoms with Gasteiger partial charge in [-0.1, -0.05) is 6.92 Å². The molecule has 1 aliphatic heterocycles. The van der Waals surface area contributed by atoms with Crippen LogP contribution < -0.4 is 10.6 Å². The van der Waals surface area contributed by atoms with E-state index < -0.39 is 18.1 Å². The highest BCUT2D eigenvalue weighted by Crippen LogP contribution is 2.14. The van der Waals surface area contributed by atoms with Gasteiger partial charge in [-0.2, -0.15) is 0 Å². The lowest BCUT2D eigenvalue weighted by molar-refractivity contribution is -0.146. The number of rotatable bonds is 6. The first-order valence-electron chi connectivity index (χ1n) is 6.17. The van der Waals surface area contributed by atoms with Crippen LogP contribution in [0.2, 0.25) is 0 Å². The number of hydrogen-bond donors (Lipinski definition) is 4. The number of aliphatic hydroxyl groups excluding tert-OH is 1. The van der Waals surface area contributed by atoms with Crippen LogP contribution in [0.1, 0.15) is 13.3 Å². The Morgan fingerprint density at radius 2 is 2.17 bits per heavy atom.